The third kappa shape index (κ3) is 79.4. The predicted octanol–water partition coefficient (Wildman–Crippen LogP) is 11.5. The van der Waals surface area contributed by atoms with E-state index in [0.29, 0.717) is 31.3 Å². The Morgan fingerprint density at radius 1 is 0.486 bits per heavy atom. The van der Waals surface area contributed by atoms with Gasteiger partial charge in [-0.05, 0) is 81.6 Å². The third-order valence-corrected chi connectivity index (χ3v) is 13.0. The molecule has 0 aromatic carbocycles. The Hall–Kier alpha value is 4.55. The third-order valence-electron chi connectivity index (χ3n) is 13.0. The first-order valence-corrected chi connectivity index (χ1v) is 30.3. The predicted molar refractivity (Wildman–Crippen MR) is 352 cm³/mol. The summed E-state index contributed by atoms with van der Waals surface area (Å²) in [6.07, 6.45) is 25.6. The average molecular weight is 3170 g/mol. The minimum absolute atomic E-state index is 0. The molecule has 0 saturated heterocycles. The molecule has 7 N–H and O–H groups in total. The van der Waals surface area contributed by atoms with Crippen LogP contribution in [0.5, 0.6) is 0 Å². The monoisotopic (exact) mass is 3170 g/mol. The Morgan fingerprint density at radius 3 is 0.962 bits per heavy atom. The summed E-state index contributed by atoms with van der Waals surface area (Å²) in [6.45, 7) is 45.2. The van der Waals surface area contributed by atoms with E-state index in [1.807, 2.05) is 92.2 Å². The van der Waals surface area contributed by atoms with Crippen LogP contribution in [0.3, 0.4) is 0 Å². The molecule has 0 saturated carbocycles. The van der Waals surface area contributed by atoms with Gasteiger partial charge in [0.1, 0.15) is 0 Å². The first kappa shape index (κ1) is 151. The van der Waals surface area contributed by atoms with E-state index < -0.39 is 23.9 Å². The number of hydrogen-bond donors (Lipinski definition) is 6. The smallest absolute Gasteiger partial charge is 0.320 e. The second-order valence-corrected chi connectivity index (χ2v) is 21.8. The minimum atomic E-state index is -0.968. The van der Waals surface area contributed by atoms with Gasteiger partial charge in [-0.25, -0.2) is 5.69 Å². The zero-order chi connectivity index (χ0) is 70.7. The van der Waals surface area contributed by atoms with Gasteiger partial charge in [0, 0.05) is 401 Å². The molecular formula is C70H102N10O11W7Y7-14. The molecule has 6 rings (SSSR count). The van der Waals surface area contributed by atoms with Crippen LogP contribution in [0.25, 0.3) is 10.4 Å². The molecule has 35 heteroatoms. The summed E-state index contributed by atoms with van der Waals surface area (Å²) in [5.74, 6) is -2.70. The van der Waals surface area contributed by atoms with Crippen molar-refractivity contribution in [1.29, 1.82) is 0 Å². The van der Waals surface area contributed by atoms with E-state index in [1.165, 1.54) is 35.7 Å². The Morgan fingerprint density at radius 2 is 0.771 bits per heavy atom. The van der Waals surface area contributed by atoms with E-state index in [0.717, 1.165) is 108 Å². The maximum Gasteiger partial charge on any atom is 0.320 e. The number of Topliss-reactive ketones (excluding diaryl/α,β-unsaturated/α-hetero) is 1. The fourth-order valence-electron chi connectivity index (χ4n) is 7.99. The quantitative estimate of drug-likeness (QED) is 0.0151. The molecule has 5 unspecified atom stereocenters. The summed E-state index contributed by atoms with van der Waals surface area (Å²) in [5, 5.41) is 45.0. The van der Waals surface area contributed by atoms with Crippen LogP contribution < -0.4 is 5.73 Å². The van der Waals surface area contributed by atoms with E-state index in [4.69, 9.17) is 35.9 Å². The molecule has 105 heavy (non-hydrogen) atoms. The van der Waals surface area contributed by atoms with E-state index in [9.17, 15) is 24.0 Å². The molecule has 0 bridgehead atoms. The first-order valence-electron chi connectivity index (χ1n) is 30.3. The van der Waals surface area contributed by atoms with E-state index >= 15 is 0 Å². The van der Waals surface area contributed by atoms with Gasteiger partial charge in [0.2, 0.25) is 0 Å². The molecular weight excluding hydrogens is 3070 g/mol. The van der Waals surface area contributed by atoms with Crippen molar-refractivity contribution in [3.63, 3.8) is 0 Å². The van der Waals surface area contributed by atoms with Crippen LogP contribution >= 0.6 is 0 Å². The maximum absolute atomic E-state index is 10.8. The van der Waals surface area contributed by atoms with Crippen LogP contribution in [-0.2, 0) is 444 Å². The molecule has 5 atom stereocenters. The number of rotatable bonds is 23. The van der Waals surface area contributed by atoms with Crippen LogP contribution in [0, 0.1) is 193 Å². The number of aryl methyl sites for hydroxylation is 13. The van der Waals surface area contributed by atoms with Gasteiger partial charge in [0.15, 0.2) is 0 Å². The molecule has 0 aliphatic rings. The summed E-state index contributed by atoms with van der Waals surface area (Å²) in [5.41, 5.74) is 25.3. The number of aliphatic hydroxyl groups excluding tert-OH is 1. The van der Waals surface area contributed by atoms with Crippen molar-refractivity contribution in [2.45, 2.75) is 210 Å². The second kappa shape index (κ2) is 90.9. The number of aromatic nitrogens is 6. The summed E-state index contributed by atoms with van der Waals surface area (Å²) in [7, 11) is 0. The fourth-order valence-corrected chi connectivity index (χ4v) is 7.99. The van der Waals surface area contributed by atoms with Gasteiger partial charge in [-0.1, -0.05) is 101 Å². The van der Waals surface area contributed by atoms with Gasteiger partial charge in [-0.3, -0.25) is 62.4 Å². The van der Waals surface area contributed by atoms with Crippen molar-refractivity contribution in [3.8, 4) is 0 Å². The van der Waals surface area contributed by atoms with E-state index in [-0.39, 0.29) is 414 Å². The number of carboxylic acid groups (broad SMARTS) is 4. The molecule has 0 aliphatic heterocycles. The number of aliphatic hydroxyl groups is 1. The van der Waals surface area contributed by atoms with Crippen molar-refractivity contribution in [2.75, 3.05) is 19.7 Å². The molecule has 0 spiro atoms. The van der Waals surface area contributed by atoms with Gasteiger partial charge < -0.3 is 179 Å². The van der Waals surface area contributed by atoms with Crippen molar-refractivity contribution < 1.29 is 431 Å². The van der Waals surface area contributed by atoms with E-state index in [2.05, 4.69) is 145 Å². The zero-order valence-electron chi connectivity index (χ0n) is 64.8. The number of ketones is 1. The molecule has 0 fully saturated rings. The Balaban J connectivity index is -0.0000000554. The van der Waals surface area contributed by atoms with E-state index in [1.54, 1.807) is 13.2 Å². The zero-order valence-corrected chi connectivity index (χ0v) is 105. The average Bonchev–Trinajstić information content (AvgIpc) is 1.79. The fraction of sp³-hybridized carbons (Fsp3) is 0.557. The van der Waals surface area contributed by atoms with Gasteiger partial charge >= 0.3 is 17.9 Å². The molecule has 6 heterocycles. The number of aliphatic carboxylic acids is 4. The minimum Gasteiger partial charge on any atom is -0.592 e. The summed E-state index contributed by atoms with van der Waals surface area (Å²) >= 11 is 0. The Kier molecular flexibility index (Phi) is 130. The molecule has 6 aromatic rings. The van der Waals surface area contributed by atoms with Gasteiger partial charge in [0.25, 0.3) is 5.97 Å². The number of azide groups is 1. The number of carbonyl (C=O) groups excluding carboxylic acids is 2. The first-order chi connectivity index (χ1) is 42.5. The van der Waals surface area contributed by atoms with Crippen molar-refractivity contribution in [3.05, 3.63) is 158 Å². The molecule has 0 aliphatic carbocycles. The molecule has 6 aromatic heterocycles. The van der Waals surface area contributed by atoms with Gasteiger partial charge in [-0.2, -0.15) is 0 Å². The van der Waals surface area contributed by atoms with Crippen molar-refractivity contribution >= 4 is 35.9 Å². The van der Waals surface area contributed by atoms with Crippen LogP contribution in [-0.4, -0.2) is 109 Å². The largest absolute Gasteiger partial charge is 0.592 e. The second-order valence-electron chi connectivity index (χ2n) is 21.8. The van der Waals surface area contributed by atoms with Gasteiger partial charge in [-0.15, -0.1) is 48.5 Å². The number of nitrogens with zero attached hydrogens (tertiary/aromatic N) is 9. The molecule has 575 valence electrons. The topological polar surface area (TPSA) is 308 Å². The Bertz CT molecular complexity index is 3140. The van der Waals surface area contributed by atoms with Gasteiger partial charge in [0.05, 0.1) is 19.0 Å². The molecule has 21 nitrogen and oxygen atoms in total. The number of nitrogens with two attached hydrogens (primary N) is 1. The van der Waals surface area contributed by atoms with Crippen molar-refractivity contribution in [2.24, 2.45) is 40.4 Å². The summed E-state index contributed by atoms with van der Waals surface area (Å²) in [4.78, 5) is 62.0. The Labute approximate surface area is 906 Å². The van der Waals surface area contributed by atoms with Crippen molar-refractivity contribution in [1.82, 2.24) is 27.4 Å². The molecule has 0 amide bonds. The number of hydrogen-bond acceptors (Lipinski definition) is 9. The number of carbonyl (C=O) groups is 5. The summed E-state index contributed by atoms with van der Waals surface area (Å²) < 4.78 is 11.7. The standard InChI is InChI=1S/C11H16N4.C11H15NO2.C11H17NO.C11H17N.C8H9NO2.C8H11N.C6H8O2.C2H5NO2.C2H4O2.7W.7Y/c1-4-11(6-13-14-12)8-15-7-9(2)5-10(15)3;1-4-10(11(13)14)7-12-6-8(2)5-9(12)3;1-4-11(8-13)7-12-6-9(2)5-10(12)3;1-5-9(2)7-12-8-10(3)6-11(12)4;1-6-3-7(2)9(4-6)5-8(10)11;1-4-9-6-7(2)5-8(9)3;1-5(4-7)3-6(2)8;3-1-2(4)5;1-2(3)4;;;;;;;;;;;;;;/h11H,4,6,8H2,1-3H3;10H,4,7H2,1-3H3,(H,13,14);11,13H,4,7-8H2,1-3H3;9H,5,7H2,1-4H3;5H2,1-2H3,(H,10,11);4H2,1-3H3;3,5H,1-2H3;1,3H2,(H,4,5);1H3,(H,3,4);;;;;;;;;;;;;;/q7*-2;;;;;;;;;;;;;;;;. The maximum atomic E-state index is 10.8. The summed E-state index contributed by atoms with van der Waals surface area (Å²) in [6, 6.07) is 18.8. The van der Waals surface area contributed by atoms with Crippen LogP contribution in [0.2, 0.25) is 0 Å². The van der Waals surface area contributed by atoms with Crippen LogP contribution in [0.1, 0.15) is 156 Å². The molecule has 7 radical (unpaired) electrons. The normalized spacial score (nSPS) is 10.0. The SMILES string of the molecule is CC(=O)O.CC(=O)[CH-]C(C)[C-]=O.CCC(C)Cn1[c-]c(C)[c-]c1C.CCC(CN=[N+]=[N-])Cn1[c-]c(C)[c-]c1C.CCC(CO)Cn1[c-]c(C)[c-]c1C.CCC(Cn1[c-]c(C)[c-]c1C)C(=O)O.CCn1[c-]c(C)[c-]c1C.Cc1[c-]c(C)n(CC(=O)O)[c-]1.NCC(=O)O.[W].[W].[W].[W].[W].[W].[W].[Y].[Y].[Y].[Y].[Y].[Y].[Y]. The van der Waals surface area contributed by atoms with Crippen LogP contribution in [0.15, 0.2) is 5.11 Å². The van der Waals surface area contributed by atoms with Crippen LogP contribution in [0.4, 0.5) is 0 Å². The number of carboxylic acids is 4.